The summed E-state index contributed by atoms with van der Waals surface area (Å²) in [5, 5.41) is 14.2. The van der Waals surface area contributed by atoms with Gasteiger partial charge in [-0.15, -0.1) is 0 Å². The number of benzene rings is 1. The van der Waals surface area contributed by atoms with Crippen LogP contribution in [0.3, 0.4) is 0 Å². The first-order chi connectivity index (χ1) is 7.54. The number of hydrogen-bond acceptors (Lipinski definition) is 4. The van der Waals surface area contributed by atoms with E-state index in [1.165, 1.54) is 0 Å². The van der Waals surface area contributed by atoms with Crippen molar-refractivity contribution in [2.75, 3.05) is 18.5 Å². The molecule has 0 aromatic heterocycles. The molecule has 1 aromatic rings. The highest BCUT2D eigenvalue weighted by Crippen LogP contribution is 2.51. The maximum atomic E-state index is 11.0. The molecule has 1 N–H and O–H groups in total. The van der Waals surface area contributed by atoms with E-state index >= 15 is 0 Å². The van der Waals surface area contributed by atoms with E-state index in [0.29, 0.717) is 23.3 Å². The Morgan fingerprint density at radius 3 is 2.75 bits per heavy atom. The smallest absolute Gasteiger partial charge is 0.328 e. The van der Waals surface area contributed by atoms with Gasteiger partial charge in [-0.25, -0.2) is 0 Å². The van der Waals surface area contributed by atoms with Gasteiger partial charge in [0.05, 0.1) is 14.4 Å². The molecule has 0 saturated carbocycles. The molecule has 0 aliphatic carbocycles. The van der Waals surface area contributed by atoms with Crippen molar-refractivity contribution in [3.63, 3.8) is 0 Å². The Morgan fingerprint density at radius 2 is 2.12 bits per heavy atom. The lowest BCUT2D eigenvalue weighted by Crippen LogP contribution is -2.19. The summed E-state index contributed by atoms with van der Waals surface area (Å²) >= 11 is 12.3. The molecule has 1 aliphatic heterocycles. The Labute approximate surface area is 113 Å². The summed E-state index contributed by atoms with van der Waals surface area (Å²) in [7, 11) is 0. The van der Waals surface area contributed by atoms with Gasteiger partial charge in [-0.05, 0) is 31.9 Å². The third kappa shape index (κ3) is 1.76. The third-order valence-corrected chi connectivity index (χ3v) is 4.49. The third-order valence-electron chi connectivity index (χ3n) is 2.09. The molecule has 16 heavy (non-hydrogen) atoms. The number of ether oxygens (including phenoxy) is 1. The van der Waals surface area contributed by atoms with Crippen LogP contribution < -0.4 is 10.1 Å². The minimum atomic E-state index is -0.520. The van der Waals surface area contributed by atoms with Crippen LogP contribution in [0.25, 0.3) is 0 Å². The molecule has 8 heteroatoms. The number of fused-ring (bicyclic) bond motifs is 1. The van der Waals surface area contributed by atoms with Crippen LogP contribution >= 0.6 is 43.5 Å². The molecule has 0 bridgehead atoms. The monoisotopic (exact) mass is 370 g/mol. The van der Waals surface area contributed by atoms with Crippen molar-refractivity contribution in [2.45, 2.75) is 0 Å². The molecular weight excluding hydrogens is 367 g/mol. The number of halogens is 3. The van der Waals surface area contributed by atoms with Gasteiger partial charge in [-0.1, -0.05) is 11.6 Å². The second-order valence-corrected chi connectivity index (χ2v) is 4.99. The van der Waals surface area contributed by atoms with Crippen LogP contribution in [0.15, 0.2) is 8.95 Å². The molecule has 1 aromatic carbocycles. The fourth-order valence-corrected chi connectivity index (χ4v) is 2.91. The first-order valence-corrected chi connectivity index (χ1v) is 6.22. The lowest BCUT2D eigenvalue weighted by Gasteiger charge is -2.21. The quantitative estimate of drug-likeness (QED) is 0.465. The largest absolute Gasteiger partial charge is 0.483 e. The lowest BCUT2D eigenvalue weighted by molar-refractivity contribution is -0.386. The van der Waals surface area contributed by atoms with E-state index in [1.807, 2.05) is 0 Å². The molecule has 1 aliphatic rings. The minimum absolute atomic E-state index is 0.157. The van der Waals surface area contributed by atoms with Crippen LogP contribution in [0, 0.1) is 10.1 Å². The van der Waals surface area contributed by atoms with Gasteiger partial charge in [0.2, 0.25) is 5.75 Å². The Kier molecular flexibility index (Phi) is 3.27. The number of nitrogens with zero attached hydrogens (tertiary/aromatic N) is 1. The van der Waals surface area contributed by atoms with E-state index in [9.17, 15) is 10.1 Å². The molecule has 0 spiro atoms. The number of rotatable bonds is 1. The zero-order chi connectivity index (χ0) is 11.9. The molecule has 0 amide bonds. The van der Waals surface area contributed by atoms with E-state index in [0.717, 1.165) is 0 Å². The second-order valence-electron chi connectivity index (χ2n) is 3.03. The predicted molar refractivity (Wildman–Crippen MR) is 67.5 cm³/mol. The summed E-state index contributed by atoms with van der Waals surface area (Å²) in [5.41, 5.74) is 0.363. The SMILES string of the molecule is O=[N+]([O-])c1c(Br)c(Cl)c(Br)c2c1OCCN2. The highest BCUT2D eigenvalue weighted by molar-refractivity contribution is 9.11. The summed E-state index contributed by atoms with van der Waals surface area (Å²) in [5.74, 6) is 0.208. The van der Waals surface area contributed by atoms with Crippen LogP contribution in [0.4, 0.5) is 11.4 Å². The van der Waals surface area contributed by atoms with Gasteiger partial charge in [0.1, 0.15) is 16.8 Å². The maximum Gasteiger partial charge on any atom is 0.328 e. The summed E-state index contributed by atoms with van der Waals surface area (Å²) < 4.78 is 6.08. The fourth-order valence-electron chi connectivity index (χ4n) is 1.42. The number of anilines is 1. The number of nitrogens with one attached hydrogen (secondary N) is 1. The normalized spacial score (nSPS) is 13.7. The van der Waals surface area contributed by atoms with Crippen LogP contribution in [-0.2, 0) is 0 Å². The Balaban J connectivity index is 2.78. The van der Waals surface area contributed by atoms with Crippen molar-refractivity contribution in [1.82, 2.24) is 0 Å². The molecule has 0 atom stereocenters. The fraction of sp³-hybridized carbons (Fsp3) is 0.250. The second kappa shape index (κ2) is 4.38. The van der Waals surface area contributed by atoms with Crippen molar-refractivity contribution in [2.24, 2.45) is 0 Å². The van der Waals surface area contributed by atoms with Gasteiger partial charge >= 0.3 is 5.69 Å². The highest BCUT2D eigenvalue weighted by atomic mass is 79.9. The van der Waals surface area contributed by atoms with Crippen molar-refractivity contribution >= 4 is 54.8 Å². The zero-order valence-corrected chi connectivity index (χ0v) is 11.6. The molecular formula is C8H5Br2ClN2O3. The van der Waals surface area contributed by atoms with Gasteiger partial charge in [0, 0.05) is 6.54 Å². The Bertz CT molecular complexity index is 481. The van der Waals surface area contributed by atoms with Crippen LogP contribution in [0.5, 0.6) is 5.75 Å². The van der Waals surface area contributed by atoms with Crippen LogP contribution in [0.1, 0.15) is 0 Å². The average molecular weight is 372 g/mol. The number of hydrogen-bond donors (Lipinski definition) is 1. The maximum absolute atomic E-state index is 11.0. The molecule has 86 valence electrons. The summed E-state index contributed by atoms with van der Waals surface area (Å²) in [6, 6.07) is 0. The van der Waals surface area contributed by atoms with Gasteiger partial charge in [0.25, 0.3) is 0 Å². The van der Waals surface area contributed by atoms with Crippen LogP contribution in [0.2, 0.25) is 5.02 Å². The molecule has 0 radical (unpaired) electrons. The average Bonchev–Trinajstić information content (AvgIpc) is 2.26. The van der Waals surface area contributed by atoms with Crippen molar-refractivity contribution in [3.05, 3.63) is 24.1 Å². The number of nitro benzene ring substituents is 1. The summed E-state index contributed by atoms with van der Waals surface area (Å²) in [6.45, 7) is 0.967. The van der Waals surface area contributed by atoms with Gasteiger partial charge < -0.3 is 10.1 Å². The first kappa shape index (κ1) is 11.9. The standard InChI is InChI=1S/C8H5Br2ClN2O3/c9-3-5(11)4(10)7(13(14)15)8-6(3)12-1-2-16-8/h12H,1-2H2. The first-order valence-electron chi connectivity index (χ1n) is 4.25. The summed E-state index contributed by atoms with van der Waals surface area (Å²) in [6.07, 6.45) is 0. The van der Waals surface area contributed by atoms with Crippen molar-refractivity contribution in [1.29, 1.82) is 0 Å². The van der Waals surface area contributed by atoms with E-state index in [-0.39, 0.29) is 20.9 Å². The lowest BCUT2D eigenvalue weighted by atomic mass is 10.2. The van der Waals surface area contributed by atoms with Gasteiger partial charge in [0.15, 0.2) is 0 Å². The minimum Gasteiger partial charge on any atom is -0.483 e. The molecule has 2 rings (SSSR count). The van der Waals surface area contributed by atoms with Crippen molar-refractivity contribution in [3.8, 4) is 5.75 Å². The van der Waals surface area contributed by atoms with Crippen LogP contribution in [-0.4, -0.2) is 18.1 Å². The highest BCUT2D eigenvalue weighted by Gasteiger charge is 2.31. The number of nitro groups is 1. The molecule has 0 unspecified atom stereocenters. The predicted octanol–water partition coefficient (Wildman–Crippen LogP) is 3.58. The molecule has 0 saturated heterocycles. The molecule has 0 fully saturated rings. The molecule has 1 heterocycles. The Morgan fingerprint density at radius 1 is 1.44 bits per heavy atom. The van der Waals surface area contributed by atoms with E-state index in [4.69, 9.17) is 16.3 Å². The van der Waals surface area contributed by atoms with Gasteiger partial charge in [-0.2, -0.15) is 0 Å². The van der Waals surface area contributed by atoms with E-state index in [2.05, 4.69) is 37.2 Å². The topological polar surface area (TPSA) is 64.4 Å². The Hall–Kier alpha value is -0.530. The summed E-state index contributed by atoms with van der Waals surface area (Å²) in [4.78, 5) is 10.4. The molecule has 5 nitrogen and oxygen atoms in total. The van der Waals surface area contributed by atoms with E-state index in [1.54, 1.807) is 0 Å². The zero-order valence-electron chi connectivity index (χ0n) is 7.72. The van der Waals surface area contributed by atoms with E-state index < -0.39 is 4.92 Å². The van der Waals surface area contributed by atoms with Crippen molar-refractivity contribution < 1.29 is 9.66 Å². The van der Waals surface area contributed by atoms with Gasteiger partial charge in [-0.3, -0.25) is 10.1 Å².